The van der Waals surface area contributed by atoms with E-state index in [9.17, 15) is 9.59 Å². The van der Waals surface area contributed by atoms with Crippen LogP contribution < -0.4 is 9.47 Å². The minimum atomic E-state index is -0.445. The van der Waals surface area contributed by atoms with Crippen molar-refractivity contribution in [1.82, 2.24) is 9.80 Å². The van der Waals surface area contributed by atoms with Gasteiger partial charge in [-0.05, 0) is 79.3 Å². The fourth-order valence-corrected chi connectivity index (χ4v) is 9.06. The van der Waals surface area contributed by atoms with Crippen molar-refractivity contribution in [1.29, 1.82) is 0 Å². The molecular weight excluding hydrogens is 588 g/mol. The predicted octanol–water partition coefficient (Wildman–Crippen LogP) is 6.09. The van der Waals surface area contributed by atoms with Crippen LogP contribution in [0.4, 0.5) is 0 Å². The number of amides is 1. The second-order valence-electron chi connectivity index (χ2n) is 14.1. The fraction of sp³-hybridized carbons (Fsp3) is 0.450. The number of nitrogens with zero attached hydrogens (tertiary/aromatic N) is 2. The molecule has 2 fully saturated rings. The third-order valence-electron chi connectivity index (χ3n) is 10.9. The van der Waals surface area contributed by atoms with Crippen LogP contribution in [0.5, 0.6) is 11.5 Å². The first-order chi connectivity index (χ1) is 22.9. The molecule has 3 aromatic rings. The smallest absolute Gasteiger partial charge is 0.337 e. The summed E-state index contributed by atoms with van der Waals surface area (Å²) in [5.74, 6) is 1.41. The van der Waals surface area contributed by atoms with E-state index in [0.717, 1.165) is 50.8 Å². The molecule has 0 aromatic heterocycles. The predicted molar refractivity (Wildman–Crippen MR) is 182 cm³/mol. The first kappa shape index (κ1) is 31.6. The largest absolute Gasteiger partial charge is 0.483 e. The Balaban J connectivity index is 1.25. The number of ether oxygens (including phenoxy) is 3. The lowest BCUT2D eigenvalue weighted by atomic mass is 9.51. The molecule has 2 unspecified atom stereocenters. The van der Waals surface area contributed by atoms with Crippen LogP contribution >= 0.6 is 0 Å². The molecule has 0 N–H and O–H groups in total. The first-order valence-corrected chi connectivity index (χ1v) is 17.2. The van der Waals surface area contributed by atoms with Crippen LogP contribution in [0.15, 0.2) is 78.9 Å². The Labute approximate surface area is 278 Å². The summed E-state index contributed by atoms with van der Waals surface area (Å²) in [7, 11) is 1.49. The van der Waals surface area contributed by atoms with E-state index in [-0.39, 0.29) is 30.1 Å². The Kier molecular flexibility index (Phi) is 8.95. The van der Waals surface area contributed by atoms with E-state index in [1.165, 1.54) is 23.8 Å². The van der Waals surface area contributed by atoms with E-state index in [1.54, 1.807) is 6.08 Å². The summed E-state index contributed by atoms with van der Waals surface area (Å²) in [6, 6.07) is 25.1. The summed E-state index contributed by atoms with van der Waals surface area (Å²) in [5, 5.41) is 0. The topological polar surface area (TPSA) is 68.3 Å². The minimum Gasteiger partial charge on any atom is -0.483 e. The third kappa shape index (κ3) is 5.89. The van der Waals surface area contributed by atoms with Crippen LogP contribution in [0.2, 0.25) is 0 Å². The maximum Gasteiger partial charge on any atom is 0.337 e. The molecule has 7 rings (SSSR count). The number of piperidine rings is 1. The zero-order valence-electron chi connectivity index (χ0n) is 27.8. The first-order valence-electron chi connectivity index (χ1n) is 17.2. The zero-order valence-corrected chi connectivity index (χ0v) is 27.8. The van der Waals surface area contributed by atoms with Gasteiger partial charge in [-0.3, -0.25) is 9.69 Å². The molecular formula is C40H46N2O5. The molecule has 3 aromatic carbocycles. The molecule has 1 amide bonds. The van der Waals surface area contributed by atoms with Gasteiger partial charge in [0, 0.05) is 43.3 Å². The summed E-state index contributed by atoms with van der Waals surface area (Å²) in [5.41, 5.74) is 4.62. The van der Waals surface area contributed by atoms with Gasteiger partial charge in [0.2, 0.25) is 5.91 Å². The van der Waals surface area contributed by atoms with Crippen molar-refractivity contribution in [3.8, 4) is 11.5 Å². The van der Waals surface area contributed by atoms with Crippen molar-refractivity contribution >= 4 is 18.0 Å². The number of carbonyl (C=O) groups excluding carboxylic acids is 2. The highest BCUT2D eigenvalue weighted by Gasteiger charge is 2.66. The van der Waals surface area contributed by atoms with Gasteiger partial charge in [-0.15, -0.1) is 0 Å². The fourth-order valence-electron chi connectivity index (χ4n) is 9.06. The molecule has 2 heterocycles. The quantitative estimate of drug-likeness (QED) is 0.145. The normalized spacial score (nSPS) is 25.8. The second-order valence-corrected chi connectivity index (χ2v) is 14.1. The number of hydrogen-bond acceptors (Lipinski definition) is 6. The monoisotopic (exact) mass is 634 g/mol. The van der Waals surface area contributed by atoms with E-state index in [0.29, 0.717) is 35.9 Å². The Bertz CT molecular complexity index is 1620. The Morgan fingerprint density at radius 1 is 1.04 bits per heavy atom. The van der Waals surface area contributed by atoms with Gasteiger partial charge < -0.3 is 19.1 Å². The Hall–Kier alpha value is -3.94. The molecule has 4 aliphatic rings. The third-order valence-corrected chi connectivity index (χ3v) is 10.9. The maximum atomic E-state index is 14.1. The lowest BCUT2D eigenvalue weighted by Gasteiger charge is -2.60. The molecule has 1 saturated heterocycles. The van der Waals surface area contributed by atoms with Gasteiger partial charge >= 0.3 is 5.97 Å². The van der Waals surface area contributed by atoms with Gasteiger partial charge in [-0.1, -0.05) is 80.6 Å². The highest BCUT2D eigenvalue weighted by molar-refractivity contribution is 5.92. The number of esters is 1. The molecule has 47 heavy (non-hydrogen) atoms. The zero-order chi connectivity index (χ0) is 32.5. The Morgan fingerprint density at radius 3 is 2.55 bits per heavy atom. The average molecular weight is 635 g/mol. The molecule has 7 nitrogen and oxygen atoms in total. The SMILES string of the molecule is COCC(=O)Oc1ccc2c3c1OC1C(N(CC(C)C)C(=O)/C=C/c4ccccc4)CC[C@H]4[C@@H](C2)N(CCc2ccccc2)CC[C@]314. The summed E-state index contributed by atoms with van der Waals surface area (Å²) in [6.07, 6.45) is 8.24. The lowest BCUT2D eigenvalue weighted by Crippen LogP contribution is -2.69. The van der Waals surface area contributed by atoms with Crippen molar-refractivity contribution in [3.63, 3.8) is 0 Å². The van der Waals surface area contributed by atoms with Crippen LogP contribution in [-0.2, 0) is 32.6 Å². The van der Waals surface area contributed by atoms with E-state index in [1.807, 2.05) is 42.5 Å². The molecule has 2 bridgehead atoms. The number of hydrogen-bond donors (Lipinski definition) is 0. The van der Waals surface area contributed by atoms with E-state index in [2.05, 4.69) is 60.0 Å². The van der Waals surface area contributed by atoms with Gasteiger partial charge in [0.15, 0.2) is 11.5 Å². The van der Waals surface area contributed by atoms with Crippen LogP contribution in [0.1, 0.15) is 55.4 Å². The van der Waals surface area contributed by atoms with Crippen molar-refractivity contribution in [2.75, 3.05) is 33.4 Å². The molecule has 1 spiro atoms. The van der Waals surface area contributed by atoms with E-state index < -0.39 is 5.97 Å². The summed E-state index contributed by atoms with van der Waals surface area (Å²) >= 11 is 0. The van der Waals surface area contributed by atoms with E-state index in [4.69, 9.17) is 14.2 Å². The lowest BCUT2D eigenvalue weighted by molar-refractivity contribution is -0.138. The number of methoxy groups -OCH3 is 1. The molecule has 7 heteroatoms. The van der Waals surface area contributed by atoms with E-state index >= 15 is 0 Å². The molecule has 0 radical (unpaired) electrons. The molecule has 2 aliphatic heterocycles. The van der Waals surface area contributed by atoms with Gasteiger partial charge in [0.25, 0.3) is 0 Å². The van der Waals surface area contributed by atoms with Gasteiger partial charge in [0.05, 0.1) is 6.04 Å². The standard InChI is InChI=1S/C40H46N2O5/c1-27(2)25-42(35(43)19-14-28-10-6-4-7-11-28)32-17-16-31-33-24-30-15-18-34(46-36(44)26-45-3)38-37(30)40(31,39(32)47-38)21-23-41(33)22-20-29-12-8-5-9-13-29/h4-15,18-19,27,31-33,39H,16-17,20-26H2,1-3H3/b19-14+/t31-,32?,33+,39?,40-/m0/s1. The number of rotatable bonds is 11. The number of carbonyl (C=O) groups is 2. The van der Waals surface area contributed by atoms with Gasteiger partial charge in [-0.2, -0.15) is 0 Å². The summed E-state index contributed by atoms with van der Waals surface area (Å²) in [6.45, 7) is 6.85. The van der Waals surface area contributed by atoms with Crippen LogP contribution in [-0.4, -0.2) is 73.2 Å². The highest BCUT2D eigenvalue weighted by atomic mass is 16.6. The van der Waals surface area contributed by atoms with Crippen LogP contribution in [0, 0.1) is 11.8 Å². The van der Waals surface area contributed by atoms with Crippen molar-refractivity contribution in [3.05, 3.63) is 101 Å². The molecule has 2 aliphatic carbocycles. The second kappa shape index (κ2) is 13.3. The summed E-state index contributed by atoms with van der Waals surface area (Å²) < 4.78 is 18.0. The highest BCUT2D eigenvalue weighted by Crippen LogP contribution is 2.64. The molecule has 5 atom stereocenters. The molecule has 1 saturated carbocycles. The van der Waals surface area contributed by atoms with Crippen LogP contribution in [0.3, 0.4) is 0 Å². The van der Waals surface area contributed by atoms with Crippen molar-refractivity contribution in [2.24, 2.45) is 11.8 Å². The van der Waals surface area contributed by atoms with Crippen molar-refractivity contribution in [2.45, 2.75) is 69.6 Å². The van der Waals surface area contributed by atoms with Gasteiger partial charge in [0.1, 0.15) is 12.7 Å². The van der Waals surface area contributed by atoms with Gasteiger partial charge in [-0.25, -0.2) is 4.79 Å². The van der Waals surface area contributed by atoms with Crippen LogP contribution in [0.25, 0.3) is 6.08 Å². The maximum absolute atomic E-state index is 14.1. The number of likely N-dealkylation sites (tertiary alicyclic amines) is 1. The average Bonchev–Trinajstić information content (AvgIpc) is 3.43. The molecule has 246 valence electrons. The minimum absolute atomic E-state index is 0.0154. The summed E-state index contributed by atoms with van der Waals surface area (Å²) in [4.78, 5) is 31.5. The number of benzene rings is 3. The Morgan fingerprint density at radius 2 is 1.81 bits per heavy atom. The van der Waals surface area contributed by atoms with Crippen molar-refractivity contribution < 1.29 is 23.8 Å².